The second-order valence-electron chi connectivity index (χ2n) is 7.38. The first-order valence-electron chi connectivity index (χ1n) is 9.41. The molecule has 2 heterocycles. The van der Waals surface area contributed by atoms with Crippen molar-refractivity contribution >= 4 is 11.5 Å². The van der Waals surface area contributed by atoms with E-state index in [1.807, 2.05) is 18.2 Å². The molecular weight excluding hydrogens is 363 g/mol. The van der Waals surface area contributed by atoms with E-state index in [0.717, 1.165) is 31.5 Å². The molecule has 2 atom stereocenters. The molecule has 0 saturated carbocycles. The molecule has 6 heteroatoms. The van der Waals surface area contributed by atoms with Crippen molar-refractivity contribution < 1.29 is 13.2 Å². The molecule has 2 aliphatic rings. The minimum absolute atomic E-state index is 0.00556. The average Bonchev–Trinajstić information content (AvgIpc) is 2.69. The lowest BCUT2D eigenvalue weighted by atomic mass is 9.82. The zero-order valence-electron chi connectivity index (χ0n) is 15.3. The van der Waals surface area contributed by atoms with Crippen molar-refractivity contribution in [3.8, 4) is 0 Å². The Morgan fingerprint density at radius 1 is 1.04 bits per heavy atom. The number of fused-ring (bicyclic) bond motifs is 1. The van der Waals surface area contributed by atoms with Gasteiger partial charge in [-0.2, -0.15) is 13.2 Å². The van der Waals surface area contributed by atoms with Gasteiger partial charge >= 0.3 is 6.18 Å². The zero-order chi connectivity index (χ0) is 19.7. The molecule has 0 radical (unpaired) electrons. The van der Waals surface area contributed by atoms with Crippen molar-refractivity contribution in [1.82, 2.24) is 5.32 Å². The summed E-state index contributed by atoms with van der Waals surface area (Å²) in [6, 6.07) is 15.6. The van der Waals surface area contributed by atoms with Crippen LogP contribution in [0.3, 0.4) is 0 Å². The predicted molar refractivity (Wildman–Crippen MR) is 105 cm³/mol. The lowest BCUT2D eigenvalue weighted by Gasteiger charge is -2.40. The Bertz CT molecular complexity index is 872. The maximum atomic E-state index is 12.8. The summed E-state index contributed by atoms with van der Waals surface area (Å²) in [4.78, 5) is 1.80. The van der Waals surface area contributed by atoms with Gasteiger partial charge in [0.15, 0.2) is 0 Å². The van der Waals surface area contributed by atoms with E-state index >= 15 is 0 Å². The van der Waals surface area contributed by atoms with Crippen LogP contribution in [0.4, 0.5) is 18.9 Å². The van der Waals surface area contributed by atoms with Gasteiger partial charge in [0.2, 0.25) is 0 Å². The Morgan fingerprint density at radius 3 is 2.43 bits per heavy atom. The van der Waals surface area contributed by atoms with Crippen LogP contribution >= 0.6 is 0 Å². The van der Waals surface area contributed by atoms with Crippen molar-refractivity contribution in [3.05, 3.63) is 77.4 Å². The maximum Gasteiger partial charge on any atom is 0.416 e. The smallest absolute Gasteiger partial charge is 0.326 e. The van der Waals surface area contributed by atoms with Crippen molar-refractivity contribution in [2.75, 3.05) is 18.0 Å². The van der Waals surface area contributed by atoms with Crippen molar-refractivity contribution in [2.24, 2.45) is 5.92 Å². The number of alkyl halides is 3. The molecule has 146 valence electrons. The summed E-state index contributed by atoms with van der Waals surface area (Å²) < 4.78 is 38.4. The number of rotatable bonds is 3. The summed E-state index contributed by atoms with van der Waals surface area (Å²) in [6.07, 6.45) is -0.526. The minimum atomic E-state index is -4.35. The number of amidine groups is 1. The molecule has 2 aromatic rings. The molecule has 0 amide bonds. The molecule has 0 aromatic heterocycles. The first-order valence-corrected chi connectivity index (χ1v) is 9.41. The summed E-state index contributed by atoms with van der Waals surface area (Å²) in [5.41, 5.74) is 2.43. The van der Waals surface area contributed by atoms with Gasteiger partial charge in [-0.15, -0.1) is 0 Å². The number of nitrogens with zero attached hydrogens (tertiary/aromatic N) is 1. The van der Waals surface area contributed by atoms with Crippen LogP contribution in [0, 0.1) is 11.3 Å². The highest BCUT2D eigenvalue weighted by Gasteiger charge is 2.35. The van der Waals surface area contributed by atoms with Crippen molar-refractivity contribution in [2.45, 2.75) is 25.1 Å². The summed E-state index contributed by atoms with van der Waals surface area (Å²) in [6.45, 7) is 1.27. The van der Waals surface area contributed by atoms with E-state index in [1.165, 1.54) is 23.3 Å². The van der Waals surface area contributed by atoms with E-state index < -0.39 is 11.7 Å². The lowest BCUT2D eigenvalue weighted by Crippen LogP contribution is -2.50. The van der Waals surface area contributed by atoms with Gasteiger partial charge in [-0.1, -0.05) is 36.4 Å². The average molecular weight is 385 g/mol. The highest BCUT2D eigenvalue weighted by molar-refractivity contribution is 6.00. The molecule has 2 N–H and O–H groups in total. The Balaban J connectivity index is 1.49. The lowest BCUT2D eigenvalue weighted by molar-refractivity contribution is -0.137. The van der Waals surface area contributed by atoms with Gasteiger partial charge in [-0.3, -0.25) is 5.41 Å². The van der Waals surface area contributed by atoms with E-state index in [9.17, 15) is 13.2 Å². The third kappa shape index (κ3) is 3.83. The van der Waals surface area contributed by atoms with Crippen molar-refractivity contribution in [1.29, 1.82) is 5.41 Å². The number of hydrogen-bond donors (Lipinski definition) is 2. The molecule has 2 aromatic carbocycles. The molecule has 1 saturated heterocycles. The Labute approximate surface area is 162 Å². The van der Waals surface area contributed by atoms with Crippen LogP contribution in [-0.4, -0.2) is 25.0 Å². The fourth-order valence-electron chi connectivity index (χ4n) is 4.03. The van der Waals surface area contributed by atoms with Crippen LogP contribution in [0.1, 0.15) is 17.5 Å². The Morgan fingerprint density at radius 2 is 1.75 bits per heavy atom. The van der Waals surface area contributed by atoms with Gasteiger partial charge in [0.25, 0.3) is 0 Å². The number of nitrogens with one attached hydrogen (secondary N) is 2. The Kier molecular flexibility index (Phi) is 4.98. The number of halogens is 3. The van der Waals surface area contributed by atoms with Crippen LogP contribution in [-0.2, 0) is 12.6 Å². The molecule has 2 unspecified atom stereocenters. The van der Waals surface area contributed by atoms with Gasteiger partial charge in [0.1, 0.15) is 5.84 Å². The quantitative estimate of drug-likeness (QED) is 0.755. The molecule has 0 aliphatic carbocycles. The van der Waals surface area contributed by atoms with Gasteiger partial charge in [0.05, 0.1) is 5.56 Å². The minimum Gasteiger partial charge on any atom is -0.326 e. The van der Waals surface area contributed by atoms with Crippen molar-refractivity contribution in [3.63, 3.8) is 0 Å². The van der Waals surface area contributed by atoms with Crippen LogP contribution in [0.2, 0.25) is 0 Å². The molecule has 2 aliphatic heterocycles. The third-order valence-electron chi connectivity index (χ3n) is 5.55. The first-order chi connectivity index (χ1) is 13.4. The van der Waals surface area contributed by atoms with E-state index in [2.05, 4.69) is 23.5 Å². The highest BCUT2D eigenvalue weighted by atomic mass is 19.4. The molecule has 0 spiro atoms. The third-order valence-corrected chi connectivity index (χ3v) is 5.55. The fraction of sp³-hybridized carbons (Fsp3) is 0.318. The largest absolute Gasteiger partial charge is 0.416 e. The normalized spacial score (nSPS) is 22.6. The molecule has 0 bridgehead atoms. The summed E-state index contributed by atoms with van der Waals surface area (Å²) >= 11 is 0. The topological polar surface area (TPSA) is 39.1 Å². The fourth-order valence-corrected chi connectivity index (χ4v) is 4.03. The standard InChI is InChI=1S/C22H22F3N3/c23-22(24,25)17-6-8-19(9-7-17)28-11-10-16-14-27-18(13-20(16)21(28)26)12-15-4-2-1-3-5-15/h1-10,18,20,26-27H,11-14H2. The predicted octanol–water partition coefficient (Wildman–Crippen LogP) is 4.65. The second kappa shape index (κ2) is 7.43. The monoisotopic (exact) mass is 385 g/mol. The molecule has 3 nitrogen and oxygen atoms in total. The van der Waals surface area contributed by atoms with Gasteiger partial charge < -0.3 is 10.2 Å². The number of anilines is 1. The van der Waals surface area contributed by atoms with Crippen LogP contribution in [0.5, 0.6) is 0 Å². The molecule has 1 fully saturated rings. The first kappa shape index (κ1) is 18.7. The van der Waals surface area contributed by atoms with Gasteiger partial charge in [-0.25, -0.2) is 0 Å². The zero-order valence-corrected chi connectivity index (χ0v) is 15.3. The number of piperidine rings is 1. The highest BCUT2D eigenvalue weighted by Crippen LogP contribution is 2.34. The van der Waals surface area contributed by atoms with Gasteiger partial charge in [0, 0.05) is 30.7 Å². The van der Waals surface area contributed by atoms with E-state index in [0.29, 0.717) is 18.1 Å². The SMILES string of the molecule is N=C1C2CC(Cc3ccccc3)NCC2=CCN1c1ccc(C(F)(F)F)cc1. The summed E-state index contributed by atoms with van der Waals surface area (Å²) in [7, 11) is 0. The summed E-state index contributed by atoms with van der Waals surface area (Å²) in [5, 5.41) is 12.2. The van der Waals surface area contributed by atoms with Crippen LogP contribution in [0.25, 0.3) is 0 Å². The molecular formula is C22H22F3N3. The van der Waals surface area contributed by atoms with E-state index in [1.54, 1.807) is 4.90 Å². The number of benzene rings is 2. The summed E-state index contributed by atoms with van der Waals surface area (Å²) in [5.74, 6) is 0.475. The van der Waals surface area contributed by atoms with Crippen LogP contribution < -0.4 is 10.2 Å². The van der Waals surface area contributed by atoms with Crippen LogP contribution in [0.15, 0.2) is 66.2 Å². The van der Waals surface area contributed by atoms with Gasteiger partial charge in [-0.05, 0) is 48.2 Å². The maximum absolute atomic E-state index is 12.8. The molecule has 28 heavy (non-hydrogen) atoms. The second-order valence-corrected chi connectivity index (χ2v) is 7.38. The Hall–Kier alpha value is -2.60. The van der Waals surface area contributed by atoms with E-state index in [4.69, 9.17) is 5.41 Å². The van der Waals surface area contributed by atoms with E-state index in [-0.39, 0.29) is 12.0 Å². The molecule has 4 rings (SSSR count). The number of hydrogen-bond acceptors (Lipinski definition) is 2.